The Morgan fingerprint density at radius 1 is 1.14 bits per heavy atom. The van der Waals surface area contributed by atoms with E-state index in [1.54, 1.807) is 53.5 Å². The van der Waals surface area contributed by atoms with Gasteiger partial charge in [-0.1, -0.05) is 22.9 Å². The third-order valence-electron chi connectivity index (χ3n) is 6.20. The van der Waals surface area contributed by atoms with Crippen molar-refractivity contribution in [2.45, 2.75) is 23.0 Å². The van der Waals surface area contributed by atoms with Gasteiger partial charge in [-0.3, -0.25) is 15.4 Å². The summed E-state index contributed by atoms with van der Waals surface area (Å²) in [7, 11) is -1.49. The highest BCUT2D eigenvalue weighted by atomic mass is 35.5. The van der Waals surface area contributed by atoms with Crippen LogP contribution < -0.4 is 10.6 Å². The summed E-state index contributed by atoms with van der Waals surface area (Å²) in [6.07, 6.45) is 4.51. The number of halogens is 1. The van der Waals surface area contributed by atoms with Crippen molar-refractivity contribution < 1.29 is 18.0 Å². The Balaban J connectivity index is 1.29. The molecule has 4 aromatic rings. The van der Waals surface area contributed by atoms with Crippen molar-refractivity contribution in [1.29, 1.82) is 0 Å². The summed E-state index contributed by atoms with van der Waals surface area (Å²) in [6, 6.07) is 10.5. The summed E-state index contributed by atoms with van der Waals surface area (Å²) < 4.78 is 28.5. The molecule has 0 unspecified atom stereocenters. The zero-order chi connectivity index (χ0) is 26.2. The van der Waals surface area contributed by atoms with Crippen LogP contribution >= 0.6 is 22.9 Å². The van der Waals surface area contributed by atoms with Crippen molar-refractivity contribution >= 4 is 60.1 Å². The first kappa shape index (κ1) is 25.3. The van der Waals surface area contributed by atoms with Gasteiger partial charge in [-0.15, -0.1) is 0 Å². The SMILES string of the molecule is CN1CCC(S(=O)(=O)c2ccc3nc(NC(=O)NC(=O)c4cc(-n5cccn5)ccc4Cl)sc3c2)CC1. The molecule has 1 saturated heterocycles. The highest BCUT2D eigenvalue weighted by Crippen LogP contribution is 2.31. The molecule has 0 saturated carbocycles. The average Bonchev–Trinajstić information content (AvgIpc) is 3.54. The van der Waals surface area contributed by atoms with Crippen molar-refractivity contribution in [3.63, 3.8) is 0 Å². The molecule has 3 amide bonds. The highest BCUT2D eigenvalue weighted by Gasteiger charge is 2.30. The maximum absolute atomic E-state index is 13.1. The number of imide groups is 1. The summed E-state index contributed by atoms with van der Waals surface area (Å²) in [6.45, 7) is 1.49. The number of rotatable bonds is 5. The quantitative estimate of drug-likeness (QED) is 0.379. The molecule has 1 fully saturated rings. The lowest BCUT2D eigenvalue weighted by atomic mass is 10.1. The van der Waals surface area contributed by atoms with E-state index in [1.165, 1.54) is 6.07 Å². The van der Waals surface area contributed by atoms with E-state index in [0.29, 0.717) is 28.7 Å². The number of anilines is 1. The van der Waals surface area contributed by atoms with E-state index in [-0.39, 0.29) is 20.6 Å². The topological polar surface area (TPSA) is 126 Å². The molecule has 0 radical (unpaired) electrons. The van der Waals surface area contributed by atoms with Gasteiger partial charge in [-0.2, -0.15) is 5.10 Å². The highest BCUT2D eigenvalue weighted by molar-refractivity contribution is 7.92. The Hall–Kier alpha value is -3.32. The second-order valence-corrected chi connectivity index (χ2v) is 12.4. The Labute approximate surface area is 222 Å². The van der Waals surface area contributed by atoms with Crippen molar-refractivity contribution in [3.8, 4) is 5.69 Å². The van der Waals surface area contributed by atoms with Gasteiger partial charge in [0.15, 0.2) is 15.0 Å². The van der Waals surface area contributed by atoms with Crippen LogP contribution in [0.2, 0.25) is 5.02 Å². The van der Waals surface area contributed by atoms with Crippen LogP contribution in [0.5, 0.6) is 0 Å². The number of nitrogens with one attached hydrogen (secondary N) is 2. The van der Waals surface area contributed by atoms with E-state index >= 15 is 0 Å². The zero-order valence-corrected chi connectivity index (χ0v) is 22.1. The molecule has 37 heavy (non-hydrogen) atoms. The number of sulfone groups is 1. The number of nitrogens with zero attached hydrogens (tertiary/aromatic N) is 4. The molecule has 5 rings (SSSR count). The van der Waals surface area contributed by atoms with E-state index in [1.807, 2.05) is 7.05 Å². The van der Waals surface area contributed by atoms with Gasteiger partial charge in [0.2, 0.25) is 0 Å². The van der Waals surface area contributed by atoms with Crippen LogP contribution in [0.25, 0.3) is 15.9 Å². The van der Waals surface area contributed by atoms with E-state index in [9.17, 15) is 18.0 Å². The monoisotopic (exact) mass is 558 g/mol. The third-order valence-corrected chi connectivity index (χ3v) is 9.73. The lowest BCUT2D eigenvalue weighted by Crippen LogP contribution is -2.37. The molecule has 0 spiro atoms. The summed E-state index contributed by atoms with van der Waals surface area (Å²) >= 11 is 7.31. The first-order valence-electron chi connectivity index (χ1n) is 11.5. The average molecular weight is 559 g/mol. The summed E-state index contributed by atoms with van der Waals surface area (Å²) in [5.41, 5.74) is 1.26. The second kappa shape index (κ2) is 10.2. The Morgan fingerprint density at radius 2 is 1.92 bits per heavy atom. The fourth-order valence-corrected chi connectivity index (χ4v) is 7.11. The Kier molecular flexibility index (Phi) is 6.99. The van der Waals surface area contributed by atoms with Crippen LogP contribution in [0.15, 0.2) is 59.8 Å². The smallest absolute Gasteiger partial charge is 0.306 e. The number of thiazole rings is 1. The maximum atomic E-state index is 13.1. The minimum atomic E-state index is -3.47. The fourth-order valence-electron chi connectivity index (χ4n) is 4.17. The molecule has 2 aromatic heterocycles. The van der Waals surface area contributed by atoms with Gasteiger partial charge in [0.25, 0.3) is 5.91 Å². The van der Waals surface area contributed by atoms with Crippen LogP contribution in [0.1, 0.15) is 23.2 Å². The molecule has 3 heterocycles. The third kappa shape index (κ3) is 5.37. The Morgan fingerprint density at radius 3 is 2.65 bits per heavy atom. The number of piperidine rings is 1. The predicted octanol–water partition coefficient (Wildman–Crippen LogP) is 3.97. The number of urea groups is 1. The van der Waals surface area contributed by atoms with Gasteiger partial charge in [0.1, 0.15) is 0 Å². The number of hydrogen-bond acceptors (Lipinski definition) is 8. The maximum Gasteiger partial charge on any atom is 0.327 e. The first-order valence-corrected chi connectivity index (χ1v) is 14.2. The summed E-state index contributed by atoms with van der Waals surface area (Å²) in [4.78, 5) is 31.9. The number of carbonyl (C=O) groups excluding carboxylic acids is 2. The van der Waals surface area contributed by atoms with Gasteiger partial charge >= 0.3 is 6.03 Å². The van der Waals surface area contributed by atoms with Gasteiger partial charge < -0.3 is 4.90 Å². The molecule has 0 aliphatic carbocycles. The normalized spacial score (nSPS) is 15.1. The number of carbonyl (C=O) groups is 2. The standard InChI is InChI=1S/C24H23ClN6O4S2/c1-30-11-7-16(8-12-30)37(34,35)17-4-6-20-21(14-17)36-24(27-20)29-23(33)28-22(32)18-13-15(3-5-19(18)25)31-10-2-9-26-31/h2-6,9-10,13-14,16H,7-8,11-12H2,1H3,(H2,27,28,29,32,33). The van der Waals surface area contributed by atoms with Crippen LogP contribution in [0.4, 0.5) is 9.93 Å². The molecule has 0 atom stereocenters. The molecule has 192 valence electrons. The molecular formula is C24H23ClN6O4S2. The number of likely N-dealkylation sites (tertiary alicyclic amines) is 1. The van der Waals surface area contributed by atoms with Crippen molar-refractivity contribution in [1.82, 2.24) is 25.0 Å². The van der Waals surface area contributed by atoms with Crippen LogP contribution in [0.3, 0.4) is 0 Å². The molecule has 1 aliphatic rings. The lowest BCUT2D eigenvalue weighted by Gasteiger charge is -2.28. The second-order valence-electron chi connectivity index (χ2n) is 8.72. The van der Waals surface area contributed by atoms with Gasteiger partial charge in [0.05, 0.1) is 36.6 Å². The van der Waals surface area contributed by atoms with Crippen molar-refractivity contribution in [2.75, 3.05) is 25.5 Å². The van der Waals surface area contributed by atoms with E-state index in [4.69, 9.17) is 11.6 Å². The van der Waals surface area contributed by atoms with E-state index in [0.717, 1.165) is 24.4 Å². The van der Waals surface area contributed by atoms with Crippen molar-refractivity contribution in [2.24, 2.45) is 0 Å². The van der Waals surface area contributed by atoms with E-state index < -0.39 is 27.0 Å². The van der Waals surface area contributed by atoms with Crippen LogP contribution in [-0.4, -0.2) is 65.4 Å². The Bertz CT molecular complexity index is 1580. The molecule has 1 aliphatic heterocycles. The van der Waals surface area contributed by atoms with Gasteiger partial charge in [0, 0.05) is 12.4 Å². The summed E-state index contributed by atoms with van der Waals surface area (Å²) in [5, 5.41) is 8.90. The summed E-state index contributed by atoms with van der Waals surface area (Å²) in [5.74, 6) is -0.691. The minimum Gasteiger partial charge on any atom is -0.306 e. The van der Waals surface area contributed by atoms with E-state index in [2.05, 4.69) is 25.6 Å². The van der Waals surface area contributed by atoms with Gasteiger partial charge in [-0.05, 0) is 75.4 Å². The molecule has 2 aromatic carbocycles. The predicted molar refractivity (Wildman–Crippen MR) is 142 cm³/mol. The van der Waals surface area contributed by atoms with Crippen LogP contribution in [-0.2, 0) is 9.84 Å². The number of aromatic nitrogens is 3. The fraction of sp³-hybridized carbons (Fsp3) is 0.250. The largest absolute Gasteiger partial charge is 0.327 e. The van der Waals surface area contributed by atoms with Gasteiger partial charge in [-0.25, -0.2) is 22.9 Å². The van der Waals surface area contributed by atoms with Crippen LogP contribution in [0, 0.1) is 0 Å². The molecular weight excluding hydrogens is 536 g/mol. The zero-order valence-electron chi connectivity index (χ0n) is 19.7. The molecule has 0 bridgehead atoms. The molecule has 10 nitrogen and oxygen atoms in total. The first-order chi connectivity index (χ1) is 17.7. The minimum absolute atomic E-state index is 0.109. The number of amides is 3. The van der Waals surface area contributed by atoms with Crippen molar-refractivity contribution in [3.05, 3.63) is 65.4 Å². The number of fused-ring (bicyclic) bond motifs is 1. The number of hydrogen-bond donors (Lipinski definition) is 2. The molecule has 13 heteroatoms. The molecule has 2 N–H and O–H groups in total. The number of benzene rings is 2. The lowest BCUT2D eigenvalue weighted by molar-refractivity contribution is 0.0967.